The van der Waals surface area contributed by atoms with Crippen molar-refractivity contribution in [2.45, 2.75) is 37.5 Å². The molecule has 2 heterocycles. The lowest BCUT2D eigenvalue weighted by atomic mass is 10.1. The van der Waals surface area contributed by atoms with E-state index in [9.17, 15) is 0 Å². The number of aromatic nitrogens is 2. The SMILES string of the molecule is COc1cccc2c1nc(CCCl)n2CC1(C)CCCS1. The summed E-state index contributed by atoms with van der Waals surface area (Å²) in [6.45, 7) is 3.36. The molecule has 1 aliphatic rings. The number of hydrogen-bond donors (Lipinski definition) is 0. The predicted octanol–water partition coefficient (Wildman–Crippen LogP) is 4.11. The van der Waals surface area contributed by atoms with E-state index in [-0.39, 0.29) is 0 Å². The molecule has 0 N–H and O–H groups in total. The summed E-state index contributed by atoms with van der Waals surface area (Å²) < 4.78 is 8.10. The van der Waals surface area contributed by atoms with Gasteiger partial charge in [0.05, 0.1) is 12.6 Å². The number of ether oxygens (including phenoxy) is 1. The highest BCUT2D eigenvalue weighted by atomic mass is 35.5. The number of aryl methyl sites for hydroxylation is 1. The number of imidazole rings is 1. The van der Waals surface area contributed by atoms with Crippen LogP contribution < -0.4 is 4.74 Å². The van der Waals surface area contributed by atoms with Crippen LogP contribution in [-0.2, 0) is 13.0 Å². The van der Waals surface area contributed by atoms with Crippen molar-refractivity contribution in [3.05, 3.63) is 24.0 Å². The first-order chi connectivity index (χ1) is 10.2. The Bertz CT molecular complexity index is 634. The van der Waals surface area contributed by atoms with Gasteiger partial charge in [0.25, 0.3) is 0 Å². The monoisotopic (exact) mass is 324 g/mol. The molecule has 0 saturated carbocycles. The Morgan fingerprint density at radius 1 is 1.48 bits per heavy atom. The average molecular weight is 325 g/mol. The molecule has 0 radical (unpaired) electrons. The number of hydrogen-bond acceptors (Lipinski definition) is 3. The highest BCUT2D eigenvalue weighted by Gasteiger charge is 2.31. The van der Waals surface area contributed by atoms with Crippen molar-refractivity contribution in [3.8, 4) is 5.75 Å². The molecule has 1 fully saturated rings. The van der Waals surface area contributed by atoms with Gasteiger partial charge in [-0.1, -0.05) is 6.07 Å². The Morgan fingerprint density at radius 2 is 2.33 bits per heavy atom. The van der Waals surface area contributed by atoms with Gasteiger partial charge in [0.2, 0.25) is 0 Å². The number of alkyl halides is 1. The van der Waals surface area contributed by atoms with Crippen LogP contribution in [0, 0.1) is 0 Å². The standard InChI is InChI=1S/C16H21ClN2OS/c1-16(8-4-10-21-16)11-19-12-5-3-6-13(20-2)15(12)18-14(19)7-9-17/h3,5-6H,4,7-11H2,1-2H3. The van der Waals surface area contributed by atoms with Gasteiger partial charge in [0.15, 0.2) is 0 Å². The van der Waals surface area contributed by atoms with E-state index in [0.717, 1.165) is 35.6 Å². The minimum absolute atomic E-state index is 0.303. The smallest absolute Gasteiger partial charge is 0.146 e. The van der Waals surface area contributed by atoms with Gasteiger partial charge < -0.3 is 9.30 Å². The maximum absolute atomic E-state index is 5.97. The van der Waals surface area contributed by atoms with Crippen molar-refractivity contribution >= 4 is 34.4 Å². The van der Waals surface area contributed by atoms with Gasteiger partial charge in [-0.15, -0.1) is 11.6 Å². The Balaban J connectivity index is 2.07. The molecular formula is C16H21ClN2OS. The third-order valence-corrected chi connectivity index (χ3v) is 5.86. The molecule has 5 heteroatoms. The van der Waals surface area contributed by atoms with Crippen LogP contribution in [0.25, 0.3) is 11.0 Å². The van der Waals surface area contributed by atoms with E-state index in [2.05, 4.69) is 29.3 Å². The quantitative estimate of drug-likeness (QED) is 0.774. The minimum atomic E-state index is 0.303. The third-order valence-electron chi connectivity index (χ3n) is 4.15. The molecule has 3 rings (SSSR count). The largest absolute Gasteiger partial charge is 0.494 e. The maximum Gasteiger partial charge on any atom is 0.146 e. The van der Waals surface area contributed by atoms with Crippen molar-refractivity contribution in [3.63, 3.8) is 0 Å². The zero-order valence-electron chi connectivity index (χ0n) is 12.6. The number of rotatable bonds is 5. The summed E-state index contributed by atoms with van der Waals surface area (Å²) in [5.41, 5.74) is 2.11. The zero-order valence-corrected chi connectivity index (χ0v) is 14.1. The molecule has 2 aromatic rings. The normalized spacial score (nSPS) is 22.0. The van der Waals surface area contributed by atoms with E-state index in [1.54, 1.807) is 7.11 Å². The Labute approximate surface area is 135 Å². The van der Waals surface area contributed by atoms with Gasteiger partial charge in [0, 0.05) is 23.6 Å². The zero-order chi connectivity index (χ0) is 14.9. The summed E-state index contributed by atoms with van der Waals surface area (Å²) in [4.78, 5) is 4.79. The lowest BCUT2D eigenvalue weighted by Crippen LogP contribution is -2.25. The number of fused-ring (bicyclic) bond motifs is 1. The van der Waals surface area contributed by atoms with Gasteiger partial charge >= 0.3 is 0 Å². The Morgan fingerprint density at radius 3 is 3.00 bits per heavy atom. The lowest BCUT2D eigenvalue weighted by Gasteiger charge is -2.24. The lowest BCUT2D eigenvalue weighted by molar-refractivity contribution is 0.419. The first-order valence-electron chi connectivity index (χ1n) is 7.39. The summed E-state index contributed by atoms with van der Waals surface area (Å²) in [7, 11) is 1.70. The number of methoxy groups -OCH3 is 1. The molecule has 3 nitrogen and oxygen atoms in total. The highest BCUT2D eigenvalue weighted by Crippen LogP contribution is 2.40. The van der Waals surface area contributed by atoms with Gasteiger partial charge in [-0.3, -0.25) is 0 Å². The third kappa shape index (κ3) is 2.88. The van der Waals surface area contributed by atoms with Gasteiger partial charge in [-0.05, 0) is 37.7 Å². The minimum Gasteiger partial charge on any atom is -0.494 e. The molecule has 0 bridgehead atoms. The van der Waals surface area contributed by atoms with Crippen molar-refractivity contribution in [1.82, 2.24) is 9.55 Å². The van der Waals surface area contributed by atoms with E-state index < -0.39 is 0 Å². The van der Waals surface area contributed by atoms with Crippen molar-refractivity contribution < 1.29 is 4.74 Å². The second-order valence-electron chi connectivity index (χ2n) is 5.78. The van der Waals surface area contributed by atoms with Crippen LogP contribution in [0.5, 0.6) is 5.75 Å². The molecule has 0 amide bonds. The van der Waals surface area contributed by atoms with Crippen LogP contribution in [0.15, 0.2) is 18.2 Å². The van der Waals surface area contributed by atoms with Crippen LogP contribution in [0.3, 0.4) is 0 Å². The summed E-state index contributed by atoms with van der Waals surface area (Å²) in [5.74, 6) is 3.76. The van der Waals surface area contributed by atoms with Crippen LogP contribution >= 0.6 is 23.4 Å². The van der Waals surface area contributed by atoms with E-state index in [4.69, 9.17) is 21.3 Å². The van der Waals surface area contributed by atoms with Gasteiger partial charge in [0.1, 0.15) is 17.1 Å². The van der Waals surface area contributed by atoms with Gasteiger partial charge in [-0.2, -0.15) is 11.8 Å². The molecule has 1 unspecified atom stereocenters. The van der Waals surface area contributed by atoms with E-state index in [1.165, 1.54) is 18.6 Å². The van der Waals surface area contributed by atoms with E-state index in [1.807, 2.05) is 12.1 Å². The fraction of sp³-hybridized carbons (Fsp3) is 0.562. The van der Waals surface area contributed by atoms with E-state index >= 15 is 0 Å². The van der Waals surface area contributed by atoms with Crippen molar-refractivity contribution in [1.29, 1.82) is 0 Å². The molecule has 0 aliphatic carbocycles. The molecule has 114 valence electrons. The second-order valence-corrected chi connectivity index (χ2v) is 7.84. The molecule has 0 spiro atoms. The van der Waals surface area contributed by atoms with Gasteiger partial charge in [-0.25, -0.2) is 4.98 Å². The highest BCUT2D eigenvalue weighted by molar-refractivity contribution is 8.00. The summed E-state index contributed by atoms with van der Waals surface area (Å²) in [6.07, 6.45) is 3.36. The van der Waals surface area contributed by atoms with Crippen LogP contribution in [0.1, 0.15) is 25.6 Å². The van der Waals surface area contributed by atoms with E-state index in [0.29, 0.717) is 10.6 Å². The molecule has 21 heavy (non-hydrogen) atoms. The maximum atomic E-state index is 5.97. The molecule has 1 aromatic carbocycles. The predicted molar refractivity (Wildman–Crippen MR) is 90.8 cm³/mol. The van der Waals surface area contributed by atoms with Crippen LogP contribution in [0.2, 0.25) is 0 Å². The van der Waals surface area contributed by atoms with Crippen molar-refractivity contribution in [2.75, 3.05) is 18.7 Å². The number of thioether (sulfide) groups is 1. The molecule has 1 atom stereocenters. The average Bonchev–Trinajstić information content (AvgIpc) is 3.05. The fourth-order valence-corrected chi connectivity index (χ4v) is 4.54. The Kier molecular flexibility index (Phi) is 4.36. The topological polar surface area (TPSA) is 27.1 Å². The first kappa shape index (κ1) is 15.0. The van der Waals surface area contributed by atoms with Crippen LogP contribution in [-0.4, -0.2) is 33.0 Å². The van der Waals surface area contributed by atoms with Crippen molar-refractivity contribution in [2.24, 2.45) is 0 Å². The molecule has 1 saturated heterocycles. The fourth-order valence-electron chi connectivity index (χ4n) is 3.08. The second kappa shape index (κ2) is 6.09. The van der Waals surface area contributed by atoms with Crippen LogP contribution in [0.4, 0.5) is 0 Å². The molecular weight excluding hydrogens is 304 g/mol. The number of para-hydroxylation sites is 1. The molecule has 1 aromatic heterocycles. The number of nitrogens with zero attached hydrogens (tertiary/aromatic N) is 2. The summed E-state index contributed by atoms with van der Waals surface area (Å²) in [5, 5.41) is 0. The summed E-state index contributed by atoms with van der Waals surface area (Å²) >= 11 is 8.05. The number of benzene rings is 1. The Hall–Kier alpha value is -0.870. The first-order valence-corrected chi connectivity index (χ1v) is 8.91. The molecule has 1 aliphatic heterocycles. The summed E-state index contributed by atoms with van der Waals surface area (Å²) in [6, 6.07) is 6.13. The number of halogens is 1.